The molecule has 7 nitrogen and oxygen atoms in total. The van der Waals surface area contributed by atoms with Gasteiger partial charge in [0, 0.05) is 29.9 Å². The van der Waals surface area contributed by atoms with Crippen LogP contribution in [0.4, 0.5) is 19.3 Å². The van der Waals surface area contributed by atoms with Gasteiger partial charge in [-0.25, -0.2) is 13.6 Å². The normalized spacial score (nSPS) is 13.8. The zero-order valence-electron chi connectivity index (χ0n) is 18.4. The molecule has 1 atom stereocenters. The Morgan fingerprint density at radius 2 is 2.09 bits per heavy atom. The highest BCUT2D eigenvalue weighted by atomic mass is 19.1. The fourth-order valence-electron chi connectivity index (χ4n) is 3.84. The minimum absolute atomic E-state index is 0.259. The van der Waals surface area contributed by atoms with Gasteiger partial charge in [-0.05, 0) is 47.7 Å². The number of ether oxygens (including phenoxy) is 1. The van der Waals surface area contributed by atoms with Gasteiger partial charge in [-0.3, -0.25) is 10.00 Å². The second-order valence-electron chi connectivity index (χ2n) is 8.46. The van der Waals surface area contributed by atoms with Gasteiger partial charge in [0.25, 0.3) is 0 Å². The molecule has 2 heterocycles. The Hall–Kier alpha value is -3.46. The first-order valence-corrected chi connectivity index (χ1v) is 10.8. The molecule has 9 heteroatoms. The van der Waals surface area contributed by atoms with E-state index in [1.165, 1.54) is 29.3 Å². The van der Waals surface area contributed by atoms with Crippen molar-refractivity contribution in [1.82, 2.24) is 15.5 Å². The molecule has 4 rings (SSSR count). The fraction of sp³-hybridized carbons (Fsp3) is 0.333. The summed E-state index contributed by atoms with van der Waals surface area (Å²) in [6.45, 7) is 4.29. The number of benzene rings is 2. The average Bonchev–Trinajstić information content (AvgIpc) is 3.44. The van der Waals surface area contributed by atoms with Gasteiger partial charge in [-0.2, -0.15) is 5.10 Å². The van der Waals surface area contributed by atoms with Crippen molar-refractivity contribution in [2.75, 3.05) is 24.7 Å². The first-order valence-electron chi connectivity index (χ1n) is 10.8. The molecule has 3 aromatic rings. The van der Waals surface area contributed by atoms with Gasteiger partial charge in [0.05, 0.1) is 31.1 Å². The largest absolute Gasteiger partial charge is 0.493 e. The summed E-state index contributed by atoms with van der Waals surface area (Å²) < 4.78 is 34.5. The molecular weight excluding hydrogens is 430 g/mol. The number of anilines is 1. The number of urea groups is 1. The molecule has 2 aromatic carbocycles. The van der Waals surface area contributed by atoms with Crippen LogP contribution in [-0.2, 0) is 6.42 Å². The summed E-state index contributed by atoms with van der Waals surface area (Å²) >= 11 is 0. The number of aromatic nitrogens is 2. The van der Waals surface area contributed by atoms with Crippen molar-refractivity contribution in [3.8, 4) is 16.9 Å². The number of aromatic amines is 1. The Morgan fingerprint density at radius 1 is 1.27 bits per heavy atom. The molecule has 0 radical (unpaired) electrons. The van der Waals surface area contributed by atoms with E-state index >= 15 is 0 Å². The number of rotatable bonds is 7. The third-order valence-electron chi connectivity index (χ3n) is 5.48. The molecule has 3 N–H and O–H groups in total. The quantitative estimate of drug-likeness (QED) is 0.497. The molecule has 1 aliphatic rings. The molecule has 1 aromatic heterocycles. The van der Waals surface area contributed by atoms with Crippen LogP contribution in [0, 0.1) is 17.6 Å². The molecular formula is C24H26F2N4O3. The summed E-state index contributed by atoms with van der Waals surface area (Å²) in [4.78, 5) is 14.4. The number of H-pyrrole nitrogens is 1. The smallest absolute Gasteiger partial charge is 0.322 e. The van der Waals surface area contributed by atoms with Crippen LogP contribution in [0.2, 0.25) is 0 Å². The van der Waals surface area contributed by atoms with Gasteiger partial charge in [0.2, 0.25) is 0 Å². The summed E-state index contributed by atoms with van der Waals surface area (Å²) in [5.41, 5.74) is 2.71. The number of hydrogen-bond donors (Lipinski definition) is 3. The number of nitrogens with zero attached hydrogens (tertiary/aromatic N) is 2. The SMILES string of the molecule is CC(C)COc1cc(F)cc([C@@H](CO)NC(=O)N2CCc3cc(-c4cn[nH]c4)c(F)cc32)c1. The van der Waals surface area contributed by atoms with Crippen LogP contribution in [0.3, 0.4) is 0 Å². The van der Waals surface area contributed by atoms with E-state index in [1.54, 1.807) is 18.3 Å². The van der Waals surface area contributed by atoms with Crippen LogP contribution in [-0.4, -0.2) is 41.1 Å². The monoisotopic (exact) mass is 456 g/mol. The van der Waals surface area contributed by atoms with E-state index in [4.69, 9.17) is 4.74 Å². The number of carbonyl (C=O) groups is 1. The standard InChI is InChI=1S/C24H26F2N4O3/c1-14(2)13-33-19-6-16(5-18(25)8-19)22(12-31)29-24(32)30-4-3-15-7-20(17-10-27-28-11-17)21(26)9-23(15)30/h5-11,14,22,31H,3-4,12-13H2,1-2H3,(H,27,28)(H,29,32)/t22-/m1/s1. The highest BCUT2D eigenvalue weighted by Crippen LogP contribution is 2.34. The van der Waals surface area contributed by atoms with Crippen molar-refractivity contribution in [1.29, 1.82) is 0 Å². The Bertz CT molecular complexity index is 1130. The van der Waals surface area contributed by atoms with Gasteiger partial charge in [0.1, 0.15) is 17.4 Å². The predicted octanol–water partition coefficient (Wildman–Crippen LogP) is 4.20. The van der Waals surface area contributed by atoms with E-state index in [2.05, 4.69) is 15.5 Å². The average molecular weight is 456 g/mol. The molecule has 33 heavy (non-hydrogen) atoms. The fourth-order valence-corrected chi connectivity index (χ4v) is 3.84. The van der Waals surface area contributed by atoms with E-state index in [1.807, 2.05) is 13.8 Å². The van der Waals surface area contributed by atoms with Crippen molar-refractivity contribution in [3.05, 3.63) is 65.5 Å². The predicted molar refractivity (Wildman–Crippen MR) is 120 cm³/mol. The molecule has 0 unspecified atom stereocenters. The van der Waals surface area contributed by atoms with E-state index in [0.717, 1.165) is 5.56 Å². The van der Waals surface area contributed by atoms with Gasteiger partial charge in [-0.1, -0.05) is 13.8 Å². The third kappa shape index (κ3) is 4.98. The summed E-state index contributed by atoms with van der Waals surface area (Å²) in [7, 11) is 0. The zero-order valence-corrected chi connectivity index (χ0v) is 18.4. The maximum absolute atomic E-state index is 14.8. The molecule has 0 saturated carbocycles. The molecule has 174 valence electrons. The lowest BCUT2D eigenvalue weighted by Crippen LogP contribution is -2.42. The minimum Gasteiger partial charge on any atom is -0.493 e. The molecule has 0 fully saturated rings. The lowest BCUT2D eigenvalue weighted by Gasteiger charge is -2.23. The Balaban J connectivity index is 1.52. The summed E-state index contributed by atoms with van der Waals surface area (Å²) in [6, 6.07) is 5.81. The molecule has 1 aliphatic heterocycles. The van der Waals surface area contributed by atoms with Crippen LogP contribution >= 0.6 is 0 Å². The van der Waals surface area contributed by atoms with Crippen LogP contribution in [0.25, 0.3) is 11.1 Å². The number of fused-ring (bicyclic) bond motifs is 1. The topological polar surface area (TPSA) is 90.5 Å². The maximum atomic E-state index is 14.8. The van der Waals surface area contributed by atoms with Crippen LogP contribution in [0.5, 0.6) is 5.75 Å². The van der Waals surface area contributed by atoms with Crippen molar-refractivity contribution in [2.24, 2.45) is 5.92 Å². The highest BCUT2D eigenvalue weighted by Gasteiger charge is 2.28. The molecule has 2 amide bonds. The number of halogens is 2. The van der Waals surface area contributed by atoms with E-state index in [9.17, 15) is 18.7 Å². The number of amides is 2. The van der Waals surface area contributed by atoms with Gasteiger partial charge >= 0.3 is 6.03 Å². The molecule has 0 bridgehead atoms. The van der Waals surface area contributed by atoms with Gasteiger partial charge < -0.3 is 15.2 Å². The number of carbonyl (C=O) groups excluding carboxylic acids is 1. The number of hydrogen-bond acceptors (Lipinski definition) is 4. The third-order valence-corrected chi connectivity index (χ3v) is 5.48. The van der Waals surface area contributed by atoms with E-state index in [-0.39, 0.29) is 5.92 Å². The first-order chi connectivity index (χ1) is 15.9. The first kappa shape index (κ1) is 22.7. The number of nitrogens with one attached hydrogen (secondary N) is 2. The van der Waals surface area contributed by atoms with Crippen molar-refractivity contribution in [2.45, 2.75) is 26.3 Å². The highest BCUT2D eigenvalue weighted by molar-refractivity contribution is 5.95. The molecule has 0 saturated heterocycles. The van der Waals surface area contributed by atoms with E-state index in [0.29, 0.717) is 47.7 Å². The lowest BCUT2D eigenvalue weighted by atomic mass is 10.0. The van der Waals surface area contributed by atoms with Gasteiger partial charge in [-0.15, -0.1) is 0 Å². The second-order valence-corrected chi connectivity index (χ2v) is 8.46. The Morgan fingerprint density at radius 3 is 2.79 bits per heavy atom. The van der Waals surface area contributed by atoms with Crippen LogP contribution in [0.1, 0.15) is 31.0 Å². The van der Waals surface area contributed by atoms with Crippen LogP contribution < -0.4 is 15.0 Å². The summed E-state index contributed by atoms with van der Waals surface area (Å²) in [5, 5.41) is 19.1. The molecule has 0 aliphatic carbocycles. The maximum Gasteiger partial charge on any atom is 0.322 e. The summed E-state index contributed by atoms with van der Waals surface area (Å²) in [5.74, 6) is -0.411. The molecule has 0 spiro atoms. The summed E-state index contributed by atoms with van der Waals surface area (Å²) in [6.07, 6.45) is 3.70. The second kappa shape index (κ2) is 9.58. The van der Waals surface area contributed by atoms with Crippen LogP contribution in [0.15, 0.2) is 42.7 Å². The number of aliphatic hydroxyl groups excluding tert-OH is 1. The lowest BCUT2D eigenvalue weighted by molar-refractivity contribution is 0.221. The Kier molecular flexibility index (Phi) is 6.60. The minimum atomic E-state index is -0.853. The van der Waals surface area contributed by atoms with Crippen molar-refractivity contribution >= 4 is 11.7 Å². The van der Waals surface area contributed by atoms with Gasteiger partial charge in [0.15, 0.2) is 0 Å². The number of aliphatic hydroxyl groups is 1. The zero-order chi connectivity index (χ0) is 23.5. The van der Waals surface area contributed by atoms with E-state index < -0.39 is 30.3 Å². The Labute approximate surface area is 190 Å². The van der Waals surface area contributed by atoms with Crippen molar-refractivity contribution < 1.29 is 23.4 Å². The van der Waals surface area contributed by atoms with Crippen molar-refractivity contribution in [3.63, 3.8) is 0 Å².